The summed E-state index contributed by atoms with van der Waals surface area (Å²) < 4.78 is 37.3. The van der Waals surface area contributed by atoms with Crippen LogP contribution in [-0.2, 0) is 10.0 Å². The molecule has 1 saturated heterocycles. The van der Waals surface area contributed by atoms with E-state index in [1.54, 1.807) is 48.5 Å². The lowest BCUT2D eigenvalue weighted by atomic mass is 10.2. The summed E-state index contributed by atoms with van der Waals surface area (Å²) in [6.07, 6.45) is 0. The molecule has 30 heavy (non-hydrogen) atoms. The molecule has 1 aliphatic rings. The number of benzene rings is 2. The van der Waals surface area contributed by atoms with E-state index in [-0.39, 0.29) is 5.91 Å². The highest BCUT2D eigenvalue weighted by molar-refractivity contribution is 7.89. The van der Waals surface area contributed by atoms with Crippen molar-refractivity contribution in [2.24, 2.45) is 0 Å². The van der Waals surface area contributed by atoms with Crippen molar-refractivity contribution in [3.05, 3.63) is 54.1 Å². The second kappa shape index (κ2) is 9.92. The van der Waals surface area contributed by atoms with E-state index in [0.717, 1.165) is 0 Å². The number of hydrogen-bond acceptors (Lipinski definition) is 6. The zero-order valence-corrected chi connectivity index (χ0v) is 18.0. The minimum absolute atomic E-state index is 0.211. The third-order valence-electron chi connectivity index (χ3n) is 5.04. The molecule has 2 aromatic carbocycles. The van der Waals surface area contributed by atoms with Gasteiger partial charge in [0.05, 0.1) is 19.1 Å². The molecule has 1 amide bonds. The van der Waals surface area contributed by atoms with Crippen LogP contribution in [0.3, 0.4) is 0 Å². The van der Waals surface area contributed by atoms with Crippen molar-refractivity contribution in [1.82, 2.24) is 14.5 Å². The van der Waals surface area contributed by atoms with E-state index in [2.05, 4.69) is 10.2 Å². The van der Waals surface area contributed by atoms with Crippen molar-refractivity contribution in [3.8, 4) is 11.5 Å². The zero-order chi connectivity index (χ0) is 21.6. The molecule has 9 heteroatoms. The number of ether oxygens (including phenoxy) is 2. The van der Waals surface area contributed by atoms with Crippen LogP contribution in [0.1, 0.15) is 10.4 Å². The van der Waals surface area contributed by atoms with E-state index >= 15 is 0 Å². The first-order valence-electron chi connectivity index (χ1n) is 9.73. The normalized spacial score (nSPS) is 15.5. The molecule has 8 nitrogen and oxygen atoms in total. The minimum atomic E-state index is -3.46. The van der Waals surface area contributed by atoms with Gasteiger partial charge in [0.25, 0.3) is 5.91 Å². The van der Waals surface area contributed by atoms with E-state index < -0.39 is 10.0 Å². The molecule has 1 N–H and O–H groups in total. The first-order chi connectivity index (χ1) is 14.4. The van der Waals surface area contributed by atoms with Gasteiger partial charge in [-0.1, -0.05) is 18.2 Å². The molecule has 0 aliphatic carbocycles. The van der Waals surface area contributed by atoms with Gasteiger partial charge in [-0.05, 0) is 24.3 Å². The number of nitrogens with zero attached hydrogens (tertiary/aromatic N) is 2. The van der Waals surface area contributed by atoms with Crippen molar-refractivity contribution in [1.29, 1.82) is 0 Å². The summed E-state index contributed by atoms with van der Waals surface area (Å²) in [7, 11) is -0.384. The molecule has 3 rings (SSSR count). The van der Waals surface area contributed by atoms with Gasteiger partial charge in [-0.2, -0.15) is 4.31 Å². The summed E-state index contributed by atoms with van der Waals surface area (Å²) in [6.45, 7) is 3.20. The number of amides is 1. The standard InChI is InChI=1S/C21H27N3O5S/c1-28-18-14-17(15-19(16-18)29-2)21(25)22-8-9-23-10-12-24(13-11-23)30(26,27)20-6-4-3-5-7-20/h3-7,14-16H,8-13H2,1-2H3,(H,22,25). The van der Waals surface area contributed by atoms with Gasteiger partial charge in [0, 0.05) is 50.9 Å². The maximum Gasteiger partial charge on any atom is 0.251 e. The van der Waals surface area contributed by atoms with E-state index in [9.17, 15) is 13.2 Å². The van der Waals surface area contributed by atoms with Gasteiger partial charge >= 0.3 is 0 Å². The Balaban J connectivity index is 1.48. The molecule has 1 aliphatic heterocycles. The van der Waals surface area contributed by atoms with E-state index in [1.807, 2.05) is 0 Å². The third kappa shape index (κ3) is 5.29. The number of rotatable bonds is 8. The highest BCUT2D eigenvalue weighted by atomic mass is 32.2. The zero-order valence-electron chi connectivity index (χ0n) is 17.2. The van der Waals surface area contributed by atoms with Crippen LogP contribution in [0, 0.1) is 0 Å². The van der Waals surface area contributed by atoms with Crippen molar-refractivity contribution in [2.75, 3.05) is 53.5 Å². The molecule has 0 aromatic heterocycles. The Kier molecular flexibility index (Phi) is 7.30. The number of piperazine rings is 1. The summed E-state index contributed by atoms with van der Waals surface area (Å²) in [5.74, 6) is 0.892. The summed E-state index contributed by atoms with van der Waals surface area (Å²) in [6, 6.07) is 13.5. The van der Waals surface area contributed by atoms with Crippen LogP contribution in [-0.4, -0.2) is 77.0 Å². The van der Waals surface area contributed by atoms with Gasteiger partial charge in [-0.25, -0.2) is 8.42 Å². The van der Waals surface area contributed by atoms with Crippen molar-refractivity contribution < 1.29 is 22.7 Å². The number of carbonyl (C=O) groups excluding carboxylic acids is 1. The Bertz CT molecular complexity index is 936. The quantitative estimate of drug-likeness (QED) is 0.678. The number of carbonyl (C=O) groups is 1. The van der Waals surface area contributed by atoms with Crippen LogP contribution in [0.15, 0.2) is 53.4 Å². The van der Waals surface area contributed by atoms with Gasteiger partial charge in [0.1, 0.15) is 11.5 Å². The molecule has 0 atom stereocenters. The molecule has 0 radical (unpaired) electrons. The summed E-state index contributed by atoms with van der Waals surface area (Å²) >= 11 is 0. The molecule has 2 aromatic rings. The molecular formula is C21H27N3O5S. The molecule has 0 saturated carbocycles. The van der Waals surface area contributed by atoms with Gasteiger partial charge in [0.15, 0.2) is 0 Å². The first-order valence-corrected chi connectivity index (χ1v) is 11.2. The fourth-order valence-electron chi connectivity index (χ4n) is 3.30. The van der Waals surface area contributed by atoms with Crippen LogP contribution in [0.2, 0.25) is 0 Å². The molecular weight excluding hydrogens is 406 g/mol. The lowest BCUT2D eigenvalue weighted by Gasteiger charge is -2.33. The predicted octanol–water partition coefficient (Wildman–Crippen LogP) is 1.44. The average molecular weight is 434 g/mol. The monoisotopic (exact) mass is 433 g/mol. The number of hydrogen-bond donors (Lipinski definition) is 1. The Labute approximate surface area is 177 Å². The average Bonchev–Trinajstić information content (AvgIpc) is 2.79. The molecule has 162 valence electrons. The Morgan fingerprint density at radius 2 is 1.57 bits per heavy atom. The summed E-state index contributed by atoms with van der Waals surface area (Å²) in [5.41, 5.74) is 0.463. The molecule has 1 heterocycles. The minimum Gasteiger partial charge on any atom is -0.497 e. The van der Waals surface area contributed by atoms with E-state index in [0.29, 0.717) is 61.2 Å². The van der Waals surface area contributed by atoms with Crippen LogP contribution >= 0.6 is 0 Å². The van der Waals surface area contributed by atoms with Crippen molar-refractivity contribution in [3.63, 3.8) is 0 Å². The Morgan fingerprint density at radius 1 is 0.967 bits per heavy atom. The smallest absolute Gasteiger partial charge is 0.251 e. The first kappa shape index (κ1) is 22.1. The summed E-state index contributed by atoms with van der Waals surface area (Å²) in [5, 5.41) is 2.89. The highest BCUT2D eigenvalue weighted by Gasteiger charge is 2.28. The Hall–Kier alpha value is -2.62. The molecule has 0 unspecified atom stereocenters. The number of methoxy groups -OCH3 is 2. The van der Waals surface area contributed by atoms with Crippen LogP contribution in [0.25, 0.3) is 0 Å². The van der Waals surface area contributed by atoms with Crippen LogP contribution in [0.4, 0.5) is 0 Å². The van der Waals surface area contributed by atoms with Crippen molar-refractivity contribution in [2.45, 2.75) is 4.90 Å². The largest absolute Gasteiger partial charge is 0.497 e. The third-order valence-corrected chi connectivity index (χ3v) is 6.95. The topological polar surface area (TPSA) is 88.2 Å². The van der Waals surface area contributed by atoms with Crippen LogP contribution in [0.5, 0.6) is 11.5 Å². The summed E-state index contributed by atoms with van der Waals surface area (Å²) in [4.78, 5) is 14.9. The van der Waals surface area contributed by atoms with Gasteiger partial charge in [-0.15, -0.1) is 0 Å². The van der Waals surface area contributed by atoms with E-state index in [4.69, 9.17) is 9.47 Å². The second-order valence-electron chi connectivity index (χ2n) is 6.92. The van der Waals surface area contributed by atoms with Gasteiger partial charge in [-0.3, -0.25) is 9.69 Å². The van der Waals surface area contributed by atoms with Crippen LogP contribution < -0.4 is 14.8 Å². The van der Waals surface area contributed by atoms with Crippen molar-refractivity contribution >= 4 is 15.9 Å². The van der Waals surface area contributed by atoms with Gasteiger partial charge < -0.3 is 14.8 Å². The second-order valence-corrected chi connectivity index (χ2v) is 8.85. The fourth-order valence-corrected chi connectivity index (χ4v) is 4.75. The number of sulfonamides is 1. The van der Waals surface area contributed by atoms with Gasteiger partial charge in [0.2, 0.25) is 10.0 Å². The SMILES string of the molecule is COc1cc(OC)cc(C(=O)NCCN2CCN(S(=O)(=O)c3ccccc3)CC2)c1. The highest BCUT2D eigenvalue weighted by Crippen LogP contribution is 2.22. The Morgan fingerprint density at radius 3 is 2.13 bits per heavy atom. The number of nitrogens with one attached hydrogen (secondary N) is 1. The molecule has 0 spiro atoms. The molecule has 1 fully saturated rings. The fraction of sp³-hybridized carbons (Fsp3) is 0.381. The maximum absolute atomic E-state index is 12.7. The predicted molar refractivity (Wildman–Crippen MR) is 114 cm³/mol. The maximum atomic E-state index is 12.7. The lowest BCUT2D eigenvalue weighted by Crippen LogP contribution is -2.50. The lowest BCUT2D eigenvalue weighted by molar-refractivity contribution is 0.0944. The molecule has 0 bridgehead atoms. The van der Waals surface area contributed by atoms with E-state index in [1.165, 1.54) is 18.5 Å².